The SMILES string of the molecule is Cc1ccc(C)c(CCn2cccc2)c1. The van der Waals surface area contributed by atoms with Crippen molar-refractivity contribution >= 4 is 0 Å². The summed E-state index contributed by atoms with van der Waals surface area (Å²) >= 11 is 0. The Bertz CT molecular complexity index is 427. The van der Waals surface area contributed by atoms with Crippen LogP contribution in [0.2, 0.25) is 0 Å². The van der Waals surface area contributed by atoms with Gasteiger partial charge in [-0.25, -0.2) is 0 Å². The van der Waals surface area contributed by atoms with E-state index in [-0.39, 0.29) is 0 Å². The van der Waals surface area contributed by atoms with Crippen LogP contribution in [0, 0.1) is 13.8 Å². The molecule has 0 atom stereocenters. The standard InChI is InChI=1S/C14H17N/c1-12-5-6-13(2)14(11-12)7-10-15-8-3-4-9-15/h3-6,8-9,11H,7,10H2,1-2H3. The highest BCUT2D eigenvalue weighted by atomic mass is 14.9. The highest BCUT2D eigenvalue weighted by molar-refractivity contribution is 5.30. The Morgan fingerprint density at radius 3 is 2.53 bits per heavy atom. The van der Waals surface area contributed by atoms with Crippen molar-refractivity contribution in [2.24, 2.45) is 0 Å². The molecule has 0 amide bonds. The summed E-state index contributed by atoms with van der Waals surface area (Å²) in [6.45, 7) is 5.40. The van der Waals surface area contributed by atoms with Crippen LogP contribution in [0.5, 0.6) is 0 Å². The fourth-order valence-corrected chi connectivity index (χ4v) is 1.84. The fraction of sp³-hybridized carbons (Fsp3) is 0.286. The zero-order valence-electron chi connectivity index (χ0n) is 9.40. The molecule has 0 bridgehead atoms. The minimum Gasteiger partial charge on any atom is -0.354 e. The number of nitrogens with zero attached hydrogens (tertiary/aromatic N) is 1. The molecule has 0 N–H and O–H groups in total. The largest absolute Gasteiger partial charge is 0.354 e. The molecule has 1 aromatic heterocycles. The van der Waals surface area contributed by atoms with Gasteiger partial charge in [0.15, 0.2) is 0 Å². The van der Waals surface area contributed by atoms with E-state index in [9.17, 15) is 0 Å². The average Bonchev–Trinajstić information content (AvgIpc) is 2.72. The molecule has 15 heavy (non-hydrogen) atoms. The Labute approximate surface area is 91.4 Å². The van der Waals surface area contributed by atoms with Gasteiger partial charge < -0.3 is 4.57 Å². The predicted molar refractivity (Wildman–Crippen MR) is 64.1 cm³/mol. The van der Waals surface area contributed by atoms with Crippen molar-refractivity contribution in [1.82, 2.24) is 4.57 Å². The number of aryl methyl sites for hydroxylation is 4. The maximum absolute atomic E-state index is 2.29. The molecule has 0 spiro atoms. The number of rotatable bonds is 3. The summed E-state index contributed by atoms with van der Waals surface area (Å²) in [6, 6.07) is 10.8. The minimum absolute atomic E-state index is 1.07. The molecule has 0 unspecified atom stereocenters. The van der Waals surface area contributed by atoms with Gasteiger partial charge in [0, 0.05) is 18.9 Å². The van der Waals surface area contributed by atoms with Crippen LogP contribution in [0.3, 0.4) is 0 Å². The molecule has 78 valence electrons. The highest BCUT2D eigenvalue weighted by Crippen LogP contribution is 2.12. The van der Waals surface area contributed by atoms with E-state index in [1.54, 1.807) is 0 Å². The molecular formula is C14H17N. The molecule has 2 rings (SSSR count). The third kappa shape index (κ3) is 2.50. The number of benzene rings is 1. The van der Waals surface area contributed by atoms with E-state index in [1.165, 1.54) is 16.7 Å². The summed E-state index contributed by atoms with van der Waals surface area (Å²) in [5, 5.41) is 0. The van der Waals surface area contributed by atoms with E-state index < -0.39 is 0 Å². The van der Waals surface area contributed by atoms with Crippen molar-refractivity contribution < 1.29 is 0 Å². The monoisotopic (exact) mass is 199 g/mol. The second-order valence-electron chi connectivity index (χ2n) is 4.10. The lowest BCUT2D eigenvalue weighted by atomic mass is 10.0. The van der Waals surface area contributed by atoms with Crippen molar-refractivity contribution in [3.63, 3.8) is 0 Å². The van der Waals surface area contributed by atoms with E-state index in [4.69, 9.17) is 0 Å². The molecule has 0 saturated carbocycles. The minimum atomic E-state index is 1.07. The molecule has 0 radical (unpaired) electrons. The maximum Gasteiger partial charge on any atom is 0.0260 e. The first kappa shape index (κ1) is 10.0. The zero-order valence-corrected chi connectivity index (χ0v) is 9.40. The van der Waals surface area contributed by atoms with Crippen LogP contribution >= 0.6 is 0 Å². The van der Waals surface area contributed by atoms with Gasteiger partial charge in [0.25, 0.3) is 0 Å². The van der Waals surface area contributed by atoms with Crippen LogP contribution in [-0.2, 0) is 13.0 Å². The molecule has 0 aliphatic heterocycles. The molecule has 2 aromatic rings. The first-order valence-corrected chi connectivity index (χ1v) is 5.42. The Balaban J connectivity index is 2.07. The number of aromatic nitrogens is 1. The van der Waals surface area contributed by atoms with E-state index in [0.717, 1.165) is 13.0 Å². The van der Waals surface area contributed by atoms with E-state index >= 15 is 0 Å². The van der Waals surface area contributed by atoms with Gasteiger partial charge in [0.2, 0.25) is 0 Å². The second kappa shape index (κ2) is 4.35. The van der Waals surface area contributed by atoms with Crippen molar-refractivity contribution in [3.8, 4) is 0 Å². The van der Waals surface area contributed by atoms with Gasteiger partial charge in [-0.1, -0.05) is 23.8 Å². The van der Waals surface area contributed by atoms with Gasteiger partial charge in [0.05, 0.1) is 0 Å². The van der Waals surface area contributed by atoms with E-state index in [0.29, 0.717) is 0 Å². The smallest absolute Gasteiger partial charge is 0.0260 e. The van der Waals surface area contributed by atoms with E-state index in [2.05, 4.69) is 61.1 Å². The van der Waals surface area contributed by atoms with Crippen molar-refractivity contribution in [3.05, 3.63) is 59.4 Å². The molecule has 1 heteroatoms. The first-order chi connectivity index (χ1) is 7.25. The van der Waals surface area contributed by atoms with Gasteiger partial charge in [-0.2, -0.15) is 0 Å². The number of hydrogen-bond donors (Lipinski definition) is 0. The predicted octanol–water partition coefficient (Wildman–Crippen LogP) is 3.35. The molecule has 1 aromatic carbocycles. The Kier molecular flexibility index (Phi) is 2.91. The lowest BCUT2D eigenvalue weighted by Gasteiger charge is -2.07. The van der Waals surface area contributed by atoms with Crippen LogP contribution in [-0.4, -0.2) is 4.57 Å². The van der Waals surface area contributed by atoms with Crippen LogP contribution in [0.15, 0.2) is 42.7 Å². The fourth-order valence-electron chi connectivity index (χ4n) is 1.84. The maximum atomic E-state index is 2.29. The molecule has 0 fully saturated rings. The first-order valence-electron chi connectivity index (χ1n) is 5.42. The van der Waals surface area contributed by atoms with Gasteiger partial charge in [-0.15, -0.1) is 0 Å². The third-order valence-corrected chi connectivity index (χ3v) is 2.81. The Morgan fingerprint density at radius 2 is 1.80 bits per heavy atom. The normalized spacial score (nSPS) is 10.5. The topological polar surface area (TPSA) is 4.93 Å². The average molecular weight is 199 g/mol. The molecule has 1 heterocycles. The quantitative estimate of drug-likeness (QED) is 0.714. The zero-order chi connectivity index (χ0) is 10.7. The number of hydrogen-bond acceptors (Lipinski definition) is 0. The molecule has 0 aliphatic rings. The van der Waals surface area contributed by atoms with Crippen molar-refractivity contribution in [1.29, 1.82) is 0 Å². The molecular weight excluding hydrogens is 182 g/mol. The highest BCUT2D eigenvalue weighted by Gasteiger charge is 1.98. The van der Waals surface area contributed by atoms with Crippen molar-refractivity contribution in [2.75, 3.05) is 0 Å². The molecule has 1 nitrogen and oxygen atoms in total. The van der Waals surface area contributed by atoms with Gasteiger partial charge in [-0.3, -0.25) is 0 Å². The summed E-state index contributed by atoms with van der Waals surface area (Å²) in [6.07, 6.45) is 5.35. The summed E-state index contributed by atoms with van der Waals surface area (Å²) < 4.78 is 2.22. The summed E-state index contributed by atoms with van der Waals surface area (Å²) in [4.78, 5) is 0. The molecule has 0 aliphatic carbocycles. The molecule has 0 saturated heterocycles. The lowest BCUT2D eigenvalue weighted by Crippen LogP contribution is -2.00. The van der Waals surface area contributed by atoms with Crippen LogP contribution in [0.25, 0.3) is 0 Å². The summed E-state index contributed by atoms with van der Waals surface area (Å²) in [5.74, 6) is 0. The van der Waals surface area contributed by atoms with E-state index in [1.807, 2.05) is 0 Å². The van der Waals surface area contributed by atoms with Crippen molar-refractivity contribution in [2.45, 2.75) is 26.8 Å². The lowest BCUT2D eigenvalue weighted by molar-refractivity contribution is 0.698. The Hall–Kier alpha value is -1.50. The van der Waals surface area contributed by atoms with Gasteiger partial charge in [0.1, 0.15) is 0 Å². The van der Waals surface area contributed by atoms with Gasteiger partial charge in [-0.05, 0) is 43.5 Å². The summed E-state index contributed by atoms with van der Waals surface area (Å²) in [5.41, 5.74) is 4.21. The van der Waals surface area contributed by atoms with Crippen LogP contribution in [0.1, 0.15) is 16.7 Å². The van der Waals surface area contributed by atoms with Crippen LogP contribution < -0.4 is 0 Å². The third-order valence-electron chi connectivity index (χ3n) is 2.81. The summed E-state index contributed by atoms with van der Waals surface area (Å²) in [7, 11) is 0. The second-order valence-corrected chi connectivity index (χ2v) is 4.10. The van der Waals surface area contributed by atoms with Crippen LogP contribution in [0.4, 0.5) is 0 Å². The Morgan fingerprint density at radius 1 is 1.07 bits per heavy atom. The van der Waals surface area contributed by atoms with Gasteiger partial charge >= 0.3 is 0 Å².